The highest BCUT2D eigenvalue weighted by Crippen LogP contribution is 2.37. The van der Waals surface area contributed by atoms with Gasteiger partial charge in [0.2, 0.25) is 15.9 Å². The second-order valence-electron chi connectivity index (χ2n) is 4.08. The molecule has 0 atom stereocenters. The number of ether oxygens (including phenoxy) is 2. The van der Waals surface area contributed by atoms with E-state index in [2.05, 4.69) is 10.0 Å². The van der Waals surface area contributed by atoms with Crippen molar-refractivity contribution >= 4 is 21.6 Å². The summed E-state index contributed by atoms with van der Waals surface area (Å²) in [4.78, 5) is 11.4. The standard InChI is InChI=1S/C12H13N3O5S/c1-14-21(17,18)11-7-10-9(19-4-5-20-10)6-8(11)15-12(16)2-3-13/h6-7,14H,2,4-5H2,1H3,(H,15,16). The molecule has 1 aliphatic heterocycles. The average Bonchev–Trinajstić information content (AvgIpc) is 2.46. The molecule has 1 aromatic rings. The molecule has 0 spiro atoms. The number of rotatable bonds is 4. The third kappa shape index (κ3) is 3.24. The van der Waals surface area contributed by atoms with Gasteiger partial charge in [-0.3, -0.25) is 4.79 Å². The first-order valence-corrected chi connectivity index (χ1v) is 7.50. The van der Waals surface area contributed by atoms with Crippen molar-refractivity contribution in [1.29, 1.82) is 5.26 Å². The van der Waals surface area contributed by atoms with Gasteiger partial charge in [-0.25, -0.2) is 13.1 Å². The van der Waals surface area contributed by atoms with Gasteiger partial charge >= 0.3 is 0 Å². The number of amides is 1. The van der Waals surface area contributed by atoms with E-state index >= 15 is 0 Å². The number of nitriles is 1. The van der Waals surface area contributed by atoms with E-state index in [4.69, 9.17) is 14.7 Å². The third-order valence-electron chi connectivity index (χ3n) is 2.72. The van der Waals surface area contributed by atoms with E-state index < -0.39 is 15.9 Å². The zero-order valence-electron chi connectivity index (χ0n) is 11.2. The molecule has 1 heterocycles. The first-order chi connectivity index (χ1) is 9.97. The highest BCUT2D eigenvalue weighted by molar-refractivity contribution is 7.89. The molecule has 1 aliphatic rings. The minimum Gasteiger partial charge on any atom is -0.486 e. The van der Waals surface area contributed by atoms with Crippen molar-refractivity contribution in [2.75, 3.05) is 25.6 Å². The maximum atomic E-state index is 12.0. The molecule has 21 heavy (non-hydrogen) atoms. The molecule has 0 bridgehead atoms. The lowest BCUT2D eigenvalue weighted by atomic mass is 10.2. The predicted octanol–water partition coefficient (Wildman–Crippen LogP) is 0.218. The number of hydrogen-bond acceptors (Lipinski definition) is 6. The second-order valence-corrected chi connectivity index (χ2v) is 5.94. The first-order valence-electron chi connectivity index (χ1n) is 6.02. The maximum Gasteiger partial charge on any atom is 0.242 e. The van der Waals surface area contributed by atoms with Crippen LogP contribution in [0.3, 0.4) is 0 Å². The number of anilines is 1. The number of benzene rings is 1. The van der Waals surface area contributed by atoms with Crippen LogP contribution in [0.4, 0.5) is 5.69 Å². The van der Waals surface area contributed by atoms with Crippen molar-refractivity contribution in [3.8, 4) is 17.6 Å². The number of fused-ring (bicyclic) bond motifs is 1. The zero-order valence-corrected chi connectivity index (χ0v) is 12.0. The molecular weight excluding hydrogens is 298 g/mol. The Bertz CT molecular complexity index is 708. The molecule has 0 fully saturated rings. The minimum atomic E-state index is -3.81. The smallest absolute Gasteiger partial charge is 0.242 e. The Morgan fingerprint density at radius 2 is 1.95 bits per heavy atom. The molecule has 0 saturated carbocycles. The normalized spacial score (nSPS) is 13.3. The monoisotopic (exact) mass is 311 g/mol. The van der Waals surface area contributed by atoms with Gasteiger partial charge in [-0.2, -0.15) is 5.26 Å². The van der Waals surface area contributed by atoms with Crippen LogP contribution in [0.5, 0.6) is 11.5 Å². The molecule has 9 heteroatoms. The molecule has 0 unspecified atom stereocenters. The Kier molecular flexibility index (Phi) is 4.30. The summed E-state index contributed by atoms with van der Waals surface area (Å²) in [5, 5.41) is 10.9. The van der Waals surface area contributed by atoms with E-state index in [1.165, 1.54) is 19.2 Å². The van der Waals surface area contributed by atoms with Crippen LogP contribution in [0.25, 0.3) is 0 Å². The van der Waals surface area contributed by atoms with Crippen LogP contribution in [0.2, 0.25) is 0 Å². The van der Waals surface area contributed by atoms with Crippen LogP contribution in [0.1, 0.15) is 6.42 Å². The summed E-state index contributed by atoms with van der Waals surface area (Å²) >= 11 is 0. The van der Waals surface area contributed by atoms with Gasteiger partial charge in [-0.15, -0.1) is 0 Å². The highest BCUT2D eigenvalue weighted by Gasteiger charge is 2.24. The van der Waals surface area contributed by atoms with Crippen LogP contribution >= 0.6 is 0 Å². The Labute approximate surface area is 121 Å². The fourth-order valence-corrected chi connectivity index (χ4v) is 2.65. The van der Waals surface area contributed by atoms with Crippen LogP contribution in [-0.4, -0.2) is 34.6 Å². The van der Waals surface area contributed by atoms with Crippen LogP contribution in [0, 0.1) is 11.3 Å². The number of carbonyl (C=O) groups is 1. The van der Waals surface area contributed by atoms with E-state index in [-0.39, 0.29) is 22.8 Å². The Balaban J connectivity index is 2.50. The molecule has 1 aromatic carbocycles. The largest absolute Gasteiger partial charge is 0.486 e. The molecule has 0 aromatic heterocycles. The van der Waals surface area contributed by atoms with Crippen molar-refractivity contribution in [3.05, 3.63) is 12.1 Å². The third-order valence-corrected chi connectivity index (χ3v) is 4.17. The summed E-state index contributed by atoms with van der Waals surface area (Å²) < 4.78 is 36.9. The number of sulfonamides is 1. The van der Waals surface area contributed by atoms with Crippen molar-refractivity contribution in [3.63, 3.8) is 0 Å². The molecular formula is C12H13N3O5S. The van der Waals surface area contributed by atoms with Gasteiger partial charge in [-0.05, 0) is 7.05 Å². The summed E-state index contributed by atoms with van der Waals surface area (Å²) in [5.74, 6) is 0.0126. The van der Waals surface area contributed by atoms with Crippen molar-refractivity contribution in [2.24, 2.45) is 0 Å². The number of nitrogens with zero attached hydrogens (tertiary/aromatic N) is 1. The molecule has 0 radical (unpaired) electrons. The fourth-order valence-electron chi connectivity index (χ4n) is 1.77. The van der Waals surface area contributed by atoms with Gasteiger partial charge < -0.3 is 14.8 Å². The zero-order chi connectivity index (χ0) is 15.5. The van der Waals surface area contributed by atoms with Gasteiger partial charge in [0.15, 0.2) is 11.5 Å². The van der Waals surface area contributed by atoms with E-state index in [0.717, 1.165) is 0 Å². The highest BCUT2D eigenvalue weighted by atomic mass is 32.2. The molecule has 2 rings (SSSR count). The topological polar surface area (TPSA) is 118 Å². The van der Waals surface area contributed by atoms with E-state index in [1.54, 1.807) is 6.07 Å². The second kappa shape index (κ2) is 5.99. The van der Waals surface area contributed by atoms with E-state index in [1.807, 2.05) is 0 Å². The van der Waals surface area contributed by atoms with Crippen molar-refractivity contribution in [2.45, 2.75) is 11.3 Å². The maximum absolute atomic E-state index is 12.0. The summed E-state index contributed by atoms with van der Waals surface area (Å²) in [6, 6.07) is 4.34. The summed E-state index contributed by atoms with van der Waals surface area (Å²) in [6.07, 6.45) is -0.381. The summed E-state index contributed by atoms with van der Waals surface area (Å²) in [5.41, 5.74) is 0.0360. The number of hydrogen-bond donors (Lipinski definition) is 2. The van der Waals surface area contributed by atoms with Crippen LogP contribution in [-0.2, 0) is 14.8 Å². The van der Waals surface area contributed by atoms with Gasteiger partial charge in [0.25, 0.3) is 0 Å². The fraction of sp³-hybridized carbons (Fsp3) is 0.333. The number of carbonyl (C=O) groups excluding carboxylic acids is 1. The Morgan fingerprint density at radius 1 is 1.33 bits per heavy atom. The van der Waals surface area contributed by atoms with E-state index in [0.29, 0.717) is 19.0 Å². The molecule has 0 saturated heterocycles. The first kappa shape index (κ1) is 15.1. The van der Waals surface area contributed by atoms with Gasteiger partial charge in [0, 0.05) is 12.1 Å². The number of nitrogens with one attached hydrogen (secondary N) is 2. The Hall–Kier alpha value is -2.31. The van der Waals surface area contributed by atoms with Gasteiger partial charge in [-0.1, -0.05) is 0 Å². The molecule has 112 valence electrons. The molecule has 0 aliphatic carbocycles. The average molecular weight is 311 g/mol. The molecule has 8 nitrogen and oxygen atoms in total. The van der Waals surface area contributed by atoms with Gasteiger partial charge in [0.1, 0.15) is 24.5 Å². The quantitative estimate of drug-likeness (QED) is 0.821. The van der Waals surface area contributed by atoms with Crippen molar-refractivity contribution in [1.82, 2.24) is 4.72 Å². The SMILES string of the molecule is CNS(=O)(=O)c1cc2c(cc1NC(=O)CC#N)OCCO2. The molecule has 2 N–H and O–H groups in total. The lowest BCUT2D eigenvalue weighted by Gasteiger charge is -2.21. The lowest BCUT2D eigenvalue weighted by Crippen LogP contribution is -2.23. The van der Waals surface area contributed by atoms with Crippen molar-refractivity contribution < 1.29 is 22.7 Å². The van der Waals surface area contributed by atoms with Gasteiger partial charge in [0.05, 0.1) is 11.8 Å². The summed E-state index contributed by atoms with van der Waals surface area (Å²) in [7, 11) is -2.55. The predicted molar refractivity (Wildman–Crippen MR) is 72.5 cm³/mol. The van der Waals surface area contributed by atoms with E-state index in [9.17, 15) is 13.2 Å². The Morgan fingerprint density at radius 3 is 2.52 bits per heavy atom. The van der Waals surface area contributed by atoms with Crippen LogP contribution < -0.4 is 19.5 Å². The van der Waals surface area contributed by atoms with Crippen LogP contribution in [0.15, 0.2) is 17.0 Å². The lowest BCUT2D eigenvalue weighted by molar-refractivity contribution is -0.115. The molecule has 1 amide bonds. The summed E-state index contributed by atoms with van der Waals surface area (Å²) in [6.45, 7) is 0.642. The minimum absolute atomic E-state index is 0.0360.